The van der Waals surface area contributed by atoms with Crippen molar-refractivity contribution in [3.05, 3.63) is 54.1 Å². The number of nitrogens with zero attached hydrogens (tertiary/aromatic N) is 1. The van der Waals surface area contributed by atoms with Gasteiger partial charge in [-0.05, 0) is 29.7 Å². The van der Waals surface area contributed by atoms with Crippen molar-refractivity contribution in [1.82, 2.24) is 4.98 Å². The number of aromatic amines is 1. The van der Waals surface area contributed by atoms with Gasteiger partial charge in [-0.25, -0.2) is 0 Å². The van der Waals surface area contributed by atoms with Gasteiger partial charge in [0, 0.05) is 6.07 Å². The number of H-pyrrole nitrogens is 1. The molecule has 2 nitrogen and oxygen atoms in total. The summed E-state index contributed by atoms with van der Waals surface area (Å²) in [5.74, 6) is 0.478. The highest BCUT2D eigenvalue weighted by molar-refractivity contribution is 6.07. The van der Waals surface area contributed by atoms with E-state index >= 15 is 0 Å². The van der Waals surface area contributed by atoms with E-state index in [0.717, 1.165) is 0 Å². The lowest BCUT2D eigenvalue weighted by atomic mass is 9.96. The molecular formula is C19H19N2+. The third-order valence-electron chi connectivity index (χ3n) is 4.42. The molecule has 0 saturated carbocycles. The normalized spacial score (nSPS) is 12.0. The summed E-state index contributed by atoms with van der Waals surface area (Å²) in [4.78, 5) is 3.64. The Morgan fingerprint density at radius 3 is 2.33 bits per heavy atom. The molecule has 0 aliphatic heterocycles. The number of aryl methyl sites for hydroxylation is 1. The van der Waals surface area contributed by atoms with E-state index in [9.17, 15) is 0 Å². The zero-order valence-electron chi connectivity index (χ0n) is 12.6. The van der Waals surface area contributed by atoms with Crippen molar-refractivity contribution in [1.29, 1.82) is 0 Å². The first-order valence-corrected chi connectivity index (χ1v) is 7.49. The van der Waals surface area contributed by atoms with E-state index in [4.69, 9.17) is 0 Å². The van der Waals surface area contributed by atoms with Gasteiger partial charge in [0.15, 0.2) is 0 Å². The predicted molar refractivity (Wildman–Crippen MR) is 88.6 cm³/mol. The van der Waals surface area contributed by atoms with E-state index in [2.05, 4.69) is 79.0 Å². The van der Waals surface area contributed by atoms with Crippen LogP contribution in [0.4, 0.5) is 0 Å². The first-order valence-electron chi connectivity index (χ1n) is 7.49. The van der Waals surface area contributed by atoms with Crippen molar-refractivity contribution in [2.75, 3.05) is 0 Å². The lowest BCUT2D eigenvalue weighted by Crippen LogP contribution is -2.30. The summed E-state index contributed by atoms with van der Waals surface area (Å²) < 4.78 is 2.31. The minimum absolute atomic E-state index is 0.478. The quantitative estimate of drug-likeness (QED) is 0.496. The van der Waals surface area contributed by atoms with Crippen LogP contribution in [0.2, 0.25) is 0 Å². The van der Waals surface area contributed by atoms with E-state index in [1.165, 1.54) is 38.4 Å². The summed E-state index contributed by atoms with van der Waals surface area (Å²) in [6.45, 7) is 4.54. The van der Waals surface area contributed by atoms with Crippen molar-refractivity contribution < 1.29 is 4.57 Å². The van der Waals surface area contributed by atoms with Crippen LogP contribution in [0.25, 0.3) is 32.8 Å². The number of hydrogen-bond acceptors (Lipinski definition) is 0. The molecule has 0 aliphatic carbocycles. The van der Waals surface area contributed by atoms with E-state index in [1.807, 2.05) is 0 Å². The van der Waals surface area contributed by atoms with Crippen molar-refractivity contribution >= 4 is 32.8 Å². The minimum Gasteiger partial charge on any atom is -0.349 e. The van der Waals surface area contributed by atoms with E-state index in [1.54, 1.807) is 0 Å². The second kappa shape index (κ2) is 4.32. The van der Waals surface area contributed by atoms with Crippen molar-refractivity contribution in [3.8, 4) is 0 Å². The molecule has 0 fully saturated rings. The molecule has 0 unspecified atom stereocenters. The van der Waals surface area contributed by atoms with Crippen LogP contribution < -0.4 is 4.57 Å². The van der Waals surface area contributed by atoms with Gasteiger partial charge in [0.1, 0.15) is 12.6 Å². The number of hydrogen-bond donors (Lipinski definition) is 1. The summed E-state index contributed by atoms with van der Waals surface area (Å²) in [6.07, 6.45) is 0. The number of aromatic nitrogens is 2. The summed E-state index contributed by atoms with van der Waals surface area (Å²) in [5.41, 5.74) is 6.48. The van der Waals surface area contributed by atoms with Gasteiger partial charge in [-0.3, -0.25) is 0 Å². The molecule has 0 atom stereocenters. The minimum atomic E-state index is 0.478. The van der Waals surface area contributed by atoms with Crippen molar-refractivity contribution in [2.24, 2.45) is 7.05 Å². The Balaban J connectivity index is 2.37. The molecule has 4 rings (SSSR count). The Hall–Kier alpha value is -2.35. The van der Waals surface area contributed by atoms with Gasteiger partial charge in [0.05, 0.1) is 16.3 Å². The van der Waals surface area contributed by atoms with E-state index < -0.39 is 0 Å². The Morgan fingerprint density at radius 1 is 0.905 bits per heavy atom. The first-order chi connectivity index (χ1) is 10.2. The highest BCUT2D eigenvalue weighted by Gasteiger charge is 2.23. The van der Waals surface area contributed by atoms with Gasteiger partial charge >= 0.3 is 0 Å². The highest BCUT2D eigenvalue weighted by Crippen LogP contribution is 2.33. The van der Waals surface area contributed by atoms with E-state index in [0.29, 0.717) is 5.92 Å². The molecular weight excluding hydrogens is 256 g/mol. The first kappa shape index (κ1) is 12.4. The van der Waals surface area contributed by atoms with Crippen molar-refractivity contribution in [2.45, 2.75) is 19.8 Å². The number of pyridine rings is 1. The average Bonchev–Trinajstić information content (AvgIpc) is 2.86. The fourth-order valence-electron chi connectivity index (χ4n) is 3.52. The molecule has 2 aromatic heterocycles. The Bertz CT molecular complexity index is 977. The topological polar surface area (TPSA) is 19.7 Å². The molecule has 21 heavy (non-hydrogen) atoms. The lowest BCUT2D eigenvalue weighted by molar-refractivity contribution is -0.616. The molecule has 4 aromatic rings. The number of rotatable bonds is 1. The summed E-state index contributed by atoms with van der Waals surface area (Å²) in [6, 6.07) is 17.2. The molecule has 0 bridgehead atoms. The number of para-hydroxylation sites is 2. The van der Waals surface area contributed by atoms with Gasteiger partial charge in [-0.2, -0.15) is 4.57 Å². The average molecular weight is 275 g/mol. The van der Waals surface area contributed by atoms with Crippen LogP contribution in [-0.4, -0.2) is 4.98 Å². The maximum atomic E-state index is 3.64. The van der Waals surface area contributed by atoms with E-state index in [-0.39, 0.29) is 0 Å². The Kier molecular flexibility index (Phi) is 2.55. The van der Waals surface area contributed by atoms with Gasteiger partial charge in [0.2, 0.25) is 11.0 Å². The molecule has 2 aromatic carbocycles. The standard InChI is InChI=1S/C19H18N2/c1-12(2)17-14-9-5-7-11-16(14)21(3)19-13-8-4-6-10-15(13)20-18(17)19/h4-12H,1-3H3/p+1. The molecule has 0 amide bonds. The van der Waals surface area contributed by atoms with Crippen LogP contribution >= 0.6 is 0 Å². The third-order valence-corrected chi connectivity index (χ3v) is 4.42. The fourth-order valence-corrected chi connectivity index (χ4v) is 3.52. The summed E-state index contributed by atoms with van der Waals surface area (Å²) in [5, 5.41) is 2.64. The zero-order chi connectivity index (χ0) is 14.6. The van der Waals surface area contributed by atoms with Gasteiger partial charge in [-0.15, -0.1) is 0 Å². The van der Waals surface area contributed by atoms with Crippen LogP contribution in [-0.2, 0) is 7.05 Å². The summed E-state index contributed by atoms with van der Waals surface area (Å²) in [7, 11) is 2.16. The number of benzene rings is 2. The Morgan fingerprint density at radius 2 is 1.57 bits per heavy atom. The van der Waals surface area contributed by atoms with Crippen LogP contribution in [0.5, 0.6) is 0 Å². The summed E-state index contributed by atoms with van der Waals surface area (Å²) >= 11 is 0. The van der Waals surface area contributed by atoms with Crippen LogP contribution in [0.3, 0.4) is 0 Å². The van der Waals surface area contributed by atoms with Crippen LogP contribution in [0.15, 0.2) is 48.5 Å². The molecule has 1 N–H and O–H groups in total. The SMILES string of the molecule is CC(C)c1c2ccccc2[n+](C)c2c1[nH]c1ccccc12. The zero-order valence-corrected chi connectivity index (χ0v) is 12.6. The van der Waals surface area contributed by atoms with Gasteiger partial charge < -0.3 is 4.98 Å². The maximum Gasteiger partial charge on any atom is 0.238 e. The van der Waals surface area contributed by atoms with Gasteiger partial charge in [0.25, 0.3) is 0 Å². The third kappa shape index (κ3) is 1.62. The number of nitrogens with one attached hydrogen (secondary N) is 1. The second-order valence-corrected chi connectivity index (χ2v) is 6.04. The highest BCUT2D eigenvalue weighted by atomic mass is 15.0. The lowest BCUT2D eigenvalue weighted by Gasteiger charge is -2.10. The Labute approximate surface area is 124 Å². The van der Waals surface area contributed by atoms with Crippen molar-refractivity contribution in [3.63, 3.8) is 0 Å². The molecule has 2 heterocycles. The molecule has 104 valence electrons. The largest absolute Gasteiger partial charge is 0.349 e. The van der Waals surface area contributed by atoms with Crippen LogP contribution in [0.1, 0.15) is 25.3 Å². The molecule has 0 spiro atoms. The number of fused-ring (bicyclic) bond motifs is 4. The molecule has 0 saturated heterocycles. The fraction of sp³-hybridized carbons (Fsp3) is 0.211. The molecule has 0 aliphatic rings. The molecule has 2 heteroatoms. The predicted octanol–water partition coefficient (Wildman–Crippen LogP) is 4.42. The van der Waals surface area contributed by atoms with Crippen LogP contribution in [0, 0.1) is 0 Å². The monoisotopic (exact) mass is 275 g/mol. The second-order valence-electron chi connectivity index (χ2n) is 6.04. The van der Waals surface area contributed by atoms with Gasteiger partial charge in [-0.1, -0.05) is 38.1 Å². The molecule has 0 radical (unpaired) electrons. The smallest absolute Gasteiger partial charge is 0.238 e. The maximum absolute atomic E-state index is 3.64.